The summed E-state index contributed by atoms with van der Waals surface area (Å²) in [5, 5.41) is 12.3. The van der Waals surface area contributed by atoms with Gasteiger partial charge in [0.1, 0.15) is 17.3 Å². The first kappa shape index (κ1) is 19.6. The molecule has 0 unspecified atom stereocenters. The summed E-state index contributed by atoms with van der Waals surface area (Å²) in [5.41, 5.74) is -1.25. The topological polar surface area (TPSA) is 115 Å². The number of anilines is 1. The van der Waals surface area contributed by atoms with E-state index in [1.54, 1.807) is 0 Å². The van der Waals surface area contributed by atoms with E-state index in [0.717, 1.165) is 37.5 Å². The lowest BCUT2D eigenvalue weighted by Gasteiger charge is -2.32. The number of halogens is 3. The molecule has 1 aliphatic heterocycles. The van der Waals surface area contributed by atoms with Gasteiger partial charge in [0.05, 0.1) is 23.7 Å². The predicted octanol–water partition coefficient (Wildman–Crippen LogP) is 1.59. The molecule has 3 rings (SSSR count). The maximum atomic E-state index is 14.9. The lowest BCUT2D eigenvalue weighted by molar-refractivity contribution is 0.102. The maximum absolute atomic E-state index is 14.9. The van der Waals surface area contributed by atoms with Crippen LogP contribution in [-0.4, -0.2) is 42.4 Å². The van der Waals surface area contributed by atoms with Gasteiger partial charge in [0, 0.05) is 12.6 Å². The number of carbonyl (C=O) groups excluding carboxylic acids is 1. The number of hydrogen-bond acceptors (Lipinski definition) is 5. The molecule has 1 fully saturated rings. The van der Waals surface area contributed by atoms with Crippen LogP contribution in [-0.2, 0) is 10.0 Å². The van der Waals surface area contributed by atoms with Gasteiger partial charge in [-0.25, -0.2) is 30.9 Å². The van der Waals surface area contributed by atoms with Crippen LogP contribution in [0.2, 0.25) is 0 Å². The van der Waals surface area contributed by atoms with Crippen molar-refractivity contribution in [1.29, 1.82) is 5.41 Å². The van der Waals surface area contributed by atoms with Crippen LogP contribution in [0.25, 0.3) is 0 Å². The lowest BCUT2D eigenvalue weighted by atomic mass is 10.1. The highest BCUT2D eigenvalue weighted by Crippen LogP contribution is 2.30. The summed E-state index contributed by atoms with van der Waals surface area (Å²) in [5.74, 6) is -4.99. The zero-order valence-corrected chi connectivity index (χ0v) is 15.1. The second-order valence-electron chi connectivity index (χ2n) is 5.93. The fraction of sp³-hybridized carbons (Fsp3) is 0.188. The molecule has 1 aromatic heterocycles. The fourth-order valence-electron chi connectivity index (χ4n) is 2.60. The summed E-state index contributed by atoms with van der Waals surface area (Å²) < 4.78 is 66.8. The number of amides is 1. The zero-order chi connectivity index (χ0) is 20.6. The van der Waals surface area contributed by atoms with Gasteiger partial charge < -0.3 is 10.6 Å². The molecule has 148 valence electrons. The Morgan fingerprint density at radius 2 is 2.00 bits per heavy atom. The van der Waals surface area contributed by atoms with E-state index in [9.17, 15) is 26.4 Å². The van der Waals surface area contributed by atoms with Crippen LogP contribution in [0.4, 0.5) is 18.9 Å². The van der Waals surface area contributed by atoms with Crippen molar-refractivity contribution in [3.8, 4) is 0 Å². The lowest BCUT2D eigenvalue weighted by Crippen LogP contribution is -2.52. The normalized spacial score (nSPS) is 18.5. The summed E-state index contributed by atoms with van der Waals surface area (Å²) in [7, 11) is -2.81. The van der Waals surface area contributed by atoms with Crippen LogP contribution in [0.3, 0.4) is 0 Å². The number of nitrogens with zero attached hydrogens (tertiary/aromatic N) is 2. The minimum absolute atomic E-state index is 0.201. The van der Waals surface area contributed by atoms with Gasteiger partial charge in [0.15, 0.2) is 5.82 Å². The molecule has 12 heteroatoms. The molecule has 0 spiro atoms. The second-order valence-corrected chi connectivity index (χ2v) is 7.97. The van der Waals surface area contributed by atoms with Crippen molar-refractivity contribution >= 4 is 27.6 Å². The second kappa shape index (κ2) is 7.11. The Kier molecular flexibility index (Phi) is 4.98. The number of aromatic nitrogens is 1. The molecule has 28 heavy (non-hydrogen) atoms. The number of nitrogens with one attached hydrogen (secondary N) is 3. The van der Waals surface area contributed by atoms with Crippen molar-refractivity contribution in [2.75, 3.05) is 18.1 Å². The third-order valence-corrected chi connectivity index (χ3v) is 5.88. The van der Waals surface area contributed by atoms with Gasteiger partial charge in [-0.05, 0) is 24.3 Å². The quantitative estimate of drug-likeness (QED) is 0.707. The SMILES string of the molecule is CN1C(=N)N[C@H](c2c(F)ccc(NC(=O)c3ccc(F)cn3)c2F)CS1(=O)=O. The van der Waals surface area contributed by atoms with E-state index in [4.69, 9.17) is 5.41 Å². The van der Waals surface area contributed by atoms with Crippen LogP contribution >= 0.6 is 0 Å². The van der Waals surface area contributed by atoms with Crippen LogP contribution in [0.5, 0.6) is 0 Å². The molecule has 2 heterocycles. The molecule has 0 aliphatic carbocycles. The van der Waals surface area contributed by atoms with Crippen LogP contribution in [0.1, 0.15) is 22.1 Å². The highest BCUT2D eigenvalue weighted by Gasteiger charge is 2.36. The number of pyridine rings is 1. The van der Waals surface area contributed by atoms with Crippen molar-refractivity contribution < 1.29 is 26.4 Å². The average molecular weight is 413 g/mol. The maximum Gasteiger partial charge on any atom is 0.274 e. The molecule has 0 bridgehead atoms. The number of sulfonamides is 1. The van der Waals surface area contributed by atoms with Crippen LogP contribution < -0.4 is 10.6 Å². The van der Waals surface area contributed by atoms with Gasteiger partial charge in [-0.2, -0.15) is 0 Å². The first-order valence-electron chi connectivity index (χ1n) is 7.82. The molecule has 1 aliphatic rings. The molecular formula is C16H14F3N5O3S. The molecule has 1 aromatic carbocycles. The van der Waals surface area contributed by atoms with Gasteiger partial charge in [-0.15, -0.1) is 0 Å². The van der Waals surface area contributed by atoms with Gasteiger partial charge in [0.25, 0.3) is 5.91 Å². The summed E-state index contributed by atoms with van der Waals surface area (Å²) in [6, 6.07) is 2.54. The molecule has 3 N–H and O–H groups in total. The van der Waals surface area contributed by atoms with E-state index in [2.05, 4.69) is 15.6 Å². The van der Waals surface area contributed by atoms with E-state index in [1.807, 2.05) is 0 Å². The van der Waals surface area contributed by atoms with Crippen molar-refractivity contribution in [1.82, 2.24) is 14.6 Å². The molecule has 0 saturated carbocycles. The molecule has 1 atom stereocenters. The summed E-state index contributed by atoms with van der Waals surface area (Å²) in [6.45, 7) is 0. The highest BCUT2D eigenvalue weighted by molar-refractivity contribution is 7.89. The highest BCUT2D eigenvalue weighted by atomic mass is 32.2. The van der Waals surface area contributed by atoms with E-state index in [1.165, 1.54) is 0 Å². The first-order valence-corrected chi connectivity index (χ1v) is 9.43. The first-order chi connectivity index (χ1) is 13.1. The molecule has 1 saturated heterocycles. The zero-order valence-electron chi connectivity index (χ0n) is 14.3. The minimum atomic E-state index is -3.94. The van der Waals surface area contributed by atoms with Gasteiger partial charge in [0.2, 0.25) is 16.0 Å². The van der Waals surface area contributed by atoms with Crippen LogP contribution in [0.15, 0.2) is 30.5 Å². The molecule has 0 radical (unpaired) electrons. The Balaban J connectivity index is 1.93. The van der Waals surface area contributed by atoms with E-state index < -0.39 is 62.4 Å². The number of benzene rings is 1. The Morgan fingerprint density at radius 1 is 1.29 bits per heavy atom. The molecule has 2 aromatic rings. The van der Waals surface area contributed by atoms with Crippen LogP contribution in [0, 0.1) is 22.9 Å². The summed E-state index contributed by atoms with van der Waals surface area (Å²) in [6.07, 6.45) is 0.806. The summed E-state index contributed by atoms with van der Waals surface area (Å²) >= 11 is 0. The Bertz CT molecular complexity index is 1060. The van der Waals surface area contributed by atoms with Crippen molar-refractivity contribution in [3.05, 3.63) is 59.2 Å². The Morgan fingerprint density at radius 3 is 2.61 bits per heavy atom. The predicted molar refractivity (Wildman–Crippen MR) is 93.7 cm³/mol. The van der Waals surface area contributed by atoms with E-state index in [0.29, 0.717) is 4.31 Å². The Hall–Kier alpha value is -3.15. The van der Waals surface area contributed by atoms with E-state index >= 15 is 0 Å². The average Bonchev–Trinajstić information content (AvgIpc) is 2.62. The Labute approximate surface area is 157 Å². The molecular weight excluding hydrogens is 399 g/mol. The van der Waals surface area contributed by atoms with Crippen molar-refractivity contribution in [3.63, 3.8) is 0 Å². The standard InChI is InChI=1S/C16H14F3N5O3S/c1-24-16(20)23-12(7-28(24,26)27)13-9(18)3-5-10(14(13)19)22-15(25)11-4-2-8(17)6-21-11/h2-6,12H,7H2,1H3,(H2,20,23)(H,22,25)/t12-/m0/s1. The van der Waals surface area contributed by atoms with Gasteiger partial charge in [-0.1, -0.05) is 0 Å². The smallest absolute Gasteiger partial charge is 0.274 e. The number of rotatable bonds is 3. The molecule has 8 nitrogen and oxygen atoms in total. The third-order valence-electron chi connectivity index (χ3n) is 4.10. The van der Waals surface area contributed by atoms with Crippen molar-refractivity contribution in [2.24, 2.45) is 0 Å². The minimum Gasteiger partial charge on any atom is -0.347 e. The molecule has 1 amide bonds. The summed E-state index contributed by atoms with van der Waals surface area (Å²) in [4.78, 5) is 15.7. The largest absolute Gasteiger partial charge is 0.347 e. The van der Waals surface area contributed by atoms with E-state index in [-0.39, 0.29) is 5.69 Å². The van der Waals surface area contributed by atoms with Gasteiger partial charge >= 0.3 is 0 Å². The number of hydrogen-bond donors (Lipinski definition) is 3. The monoisotopic (exact) mass is 413 g/mol. The fourth-order valence-corrected chi connectivity index (χ4v) is 3.82. The number of guanidine groups is 1. The van der Waals surface area contributed by atoms with Gasteiger partial charge in [-0.3, -0.25) is 10.2 Å². The third kappa shape index (κ3) is 3.63. The van der Waals surface area contributed by atoms with Crippen molar-refractivity contribution in [2.45, 2.75) is 6.04 Å². The number of carbonyl (C=O) groups is 1.